The van der Waals surface area contributed by atoms with E-state index < -0.39 is 0 Å². The van der Waals surface area contributed by atoms with E-state index in [1.54, 1.807) is 23.9 Å². The third kappa shape index (κ3) is 4.58. The summed E-state index contributed by atoms with van der Waals surface area (Å²) in [5, 5.41) is 9.31. The van der Waals surface area contributed by atoms with Gasteiger partial charge in [0, 0.05) is 17.3 Å². The summed E-state index contributed by atoms with van der Waals surface area (Å²) in [6, 6.07) is 7.28. The highest BCUT2D eigenvalue weighted by molar-refractivity contribution is 7.99. The van der Waals surface area contributed by atoms with Gasteiger partial charge in [0.1, 0.15) is 5.75 Å². The number of phenolic OH excluding ortho intramolecular Hbond substituents is 1. The monoisotopic (exact) mass is 254 g/mol. The largest absolute Gasteiger partial charge is 0.508 e. The van der Waals surface area contributed by atoms with Gasteiger partial charge in [-0.1, -0.05) is 6.07 Å². The number of phenols is 1. The second kappa shape index (κ2) is 6.89. The van der Waals surface area contributed by atoms with Crippen molar-refractivity contribution in [2.75, 3.05) is 19.0 Å². The van der Waals surface area contributed by atoms with E-state index in [1.165, 1.54) is 6.42 Å². The summed E-state index contributed by atoms with van der Waals surface area (Å²) in [4.78, 5) is 1.07. The minimum Gasteiger partial charge on any atom is -0.508 e. The van der Waals surface area contributed by atoms with Crippen molar-refractivity contribution in [3.05, 3.63) is 24.3 Å². The molecule has 0 aliphatic carbocycles. The Kier molecular flexibility index (Phi) is 5.16. The Hall–Kier alpha value is -0.710. The highest BCUT2D eigenvalue weighted by Crippen LogP contribution is 2.22. The molecule has 1 aliphatic rings. The maximum absolute atomic E-state index is 9.31. The molecule has 94 valence electrons. The molecule has 2 rings (SSSR count). The molecule has 4 heteroatoms. The number of aromatic hydroxyl groups is 1. The standard InChI is InChI=1S/C13H18O3S/c14-11-4-3-5-12(10-11)17-9-8-16-13-6-1-2-7-15-13/h3-5,10,13-14H,1-2,6-9H2. The predicted molar refractivity (Wildman–Crippen MR) is 68.4 cm³/mol. The Morgan fingerprint density at radius 1 is 1.41 bits per heavy atom. The van der Waals surface area contributed by atoms with E-state index in [2.05, 4.69) is 0 Å². The topological polar surface area (TPSA) is 38.7 Å². The van der Waals surface area contributed by atoms with Gasteiger partial charge in [-0.25, -0.2) is 0 Å². The van der Waals surface area contributed by atoms with Crippen molar-refractivity contribution >= 4 is 11.8 Å². The fraction of sp³-hybridized carbons (Fsp3) is 0.538. The first-order valence-electron chi connectivity index (χ1n) is 5.99. The molecule has 1 atom stereocenters. The molecule has 1 saturated heterocycles. The lowest BCUT2D eigenvalue weighted by molar-refractivity contribution is -0.158. The van der Waals surface area contributed by atoms with Crippen LogP contribution in [0.15, 0.2) is 29.2 Å². The molecule has 0 amide bonds. The van der Waals surface area contributed by atoms with Crippen molar-refractivity contribution in [3.63, 3.8) is 0 Å². The Bertz CT molecular complexity index is 337. The quantitative estimate of drug-likeness (QED) is 0.647. The summed E-state index contributed by atoms with van der Waals surface area (Å²) < 4.78 is 11.1. The molecular formula is C13H18O3S. The minimum absolute atomic E-state index is 0.00599. The van der Waals surface area contributed by atoms with Gasteiger partial charge < -0.3 is 14.6 Å². The summed E-state index contributed by atoms with van der Waals surface area (Å²) in [7, 11) is 0. The SMILES string of the molecule is Oc1cccc(SCCOC2CCCCO2)c1. The van der Waals surface area contributed by atoms with Crippen molar-refractivity contribution in [3.8, 4) is 5.75 Å². The smallest absolute Gasteiger partial charge is 0.157 e. The van der Waals surface area contributed by atoms with Gasteiger partial charge in [0.15, 0.2) is 6.29 Å². The number of benzene rings is 1. The number of ether oxygens (including phenoxy) is 2. The average Bonchev–Trinajstić information content (AvgIpc) is 2.36. The van der Waals surface area contributed by atoms with Gasteiger partial charge in [0.25, 0.3) is 0 Å². The van der Waals surface area contributed by atoms with Crippen LogP contribution in [0.25, 0.3) is 0 Å². The molecule has 1 fully saturated rings. The molecule has 0 radical (unpaired) electrons. The fourth-order valence-corrected chi connectivity index (χ4v) is 2.55. The van der Waals surface area contributed by atoms with Crippen LogP contribution < -0.4 is 0 Å². The second-order valence-electron chi connectivity index (χ2n) is 4.01. The number of thioether (sulfide) groups is 1. The van der Waals surface area contributed by atoms with Crippen molar-refractivity contribution < 1.29 is 14.6 Å². The number of hydrogen-bond acceptors (Lipinski definition) is 4. The lowest BCUT2D eigenvalue weighted by Gasteiger charge is -2.22. The average molecular weight is 254 g/mol. The molecule has 0 aromatic heterocycles. The molecule has 1 aliphatic heterocycles. The van der Waals surface area contributed by atoms with Crippen LogP contribution in [0.4, 0.5) is 0 Å². The van der Waals surface area contributed by atoms with E-state index >= 15 is 0 Å². The Morgan fingerprint density at radius 2 is 2.35 bits per heavy atom. The Labute approximate surface area is 106 Å². The van der Waals surface area contributed by atoms with Gasteiger partial charge in [-0.2, -0.15) is 0 Å². The zero-order chi connectivity index (χ0) is 11.9. The van der Waals surface area contributed by atoms with Gasteiger partial charge in [-0.3, -0.25) is 0 Å². The van der Waals surface area contributed by atoms with Gasteiger partial charge >= 0.3 is 0 Å². The molecule has 1 unspecified atom stereocenters. The van der Waals surface area contributed by atoms with Gasteiger partial charge in [-0.15, -0.1) is 11.8 Å². The van der Waals surface area contributed by atoms with E-state index in [0.29, 0.717) is 12.4 Å². The molecule has 3 nitrogen and oxygen atoms in total. The lowest BCUT2D eigenvalue weighted by atomic mass is 10.2. The normalized spacial score (nSPS) is 20.4. The van der Waals surface area contributed by atoms with E-state index in [1.807, 2.05) is 12.1 Å². The van der Waals surface area contributed by atoms with Crippen LogP contribution in [0.5, 0.6) is 5.75 Å². The van der Waals surface area contributed by atoms with Crippen molar-refractivity contribution in [2.24, 2.45) is 0 Å². The molecule has 1 N–H and O–H groups in total. The first kappa shape index (κ1) is 12.7. The molecule has 0 bridgehead atoms. The summed E-state index contributed by atoms with van der Waals surface area (Å²) >= 11 is 1.68. The molecular weight excluding hydrogens is 236 g/mol. The van der Waals surface area contributed by atoms with Crippen molar-refractivity contribution in [1.29, 1.82) is 0 Å². The molecule has 0 spiro atoms. The Balaban J connectivity index is 1.62. The molecule has 1 heterocycles. The maximum Gasteiger partial charge on any atom is 0.157 e. The first-order chi connectivity index (χ1) is 8.34. The minimum atomic E-state index is -0.00599. The van der Waals surface area contributed by atoms with Crippen LogP contribution in [0.1, 0.15) is 19.3 Å². The van der Waals surface area contributed by atoms with E-state index in [0.717, 1.165) is 30.1 Å². The van der Waals surface area contributed by atoms with Crippen LogP contribution in [0, 0.1) is 0 Å². The van der Waals surface area contributed by atoms with Crippen LogP contribution in [-0.4, -0.2) is 30.4 Å². The number of hydrogen-bond donors (Lipinski definition) is 1. The number of rotatable bonds is 5. The van der Waals surface area contributed by atoms with Gasteiger partial charge in [-0.05, 0) is 37.5 Å². The lowest BCUT2D eigenvalue weighted by Crippen LogP contribution is -2.23. The fourth-order valence-electron chi connectivity index (χ4n) is 1.75. The van der Waals surface area contributed by atoms with Crippen LogP contribution >= 0.6 is 11.8 Å². The van der Waals surface area contributed by atoms with Crippen LogP contribution in [0.3, 0.4) is 0 Å². The van der Waals surface area contributed by atoms with E-state index in [9.17, 15) is 5.11 Å². The summed E-state index contributed by atoms with van der Waals surface area (Å²) in [5.74, 6) is 1.19. The summed E-state index contributed by atoms with van der Waals surface area (Å²) in [6.07, 6.45) is 3.35. The van der Waals surface area contributed by atoms with Crippen LogP contribution in [-0.2, 0) is 9.47 Å². The second-order valence-corrected chi connectivity index (χ2v) is 5.18. The van der Waals surface area contributed by atoms with E-state index in [4.69, 9.17) is 9.47 Å². The van der Waals surface area contributed by atoms with E-state index in [-0.39, 0.29) is 6.29 Å². The van der Waals surface area contributed by atoms with Crippen molar-refractivity contribution in [2.45, 2.75) is 30.4 Å². The summed E-state index contributed by atoms with van der Waals surface area (Å²) in [5.41, 5.74) is 0. The molecule has 1 aromatic carbocycles. The molecule has 17 heavy (non-hydrogen) atoms. The zero-order valence-electron chi connectivity index (χ0n) is 9.80. The highest BCUT2D eigenvalue weighted by atomic mass is 32.2. The van der Waals surface area contributed by atoms with Crippen molar-refractivity contribution in [1.82, 2.24) is 0 Å². The van der Waals surface area contributed by atoms with Gasteiger partial charge in [0.05, 0.1) is 6.61 Å². The third-order valence-electron chi connectivity index (χ3n) is 2.61. The molecule has 0 saturated carbocycles. The predicted octanol–water partition coefficient (Wildman–Crippen LogP) is 3.03. The zero-order valence-corrected chi connectivity index (χ0v) is 10.6. The third-order valence-corrected chi connectivity index (χ3v) is 3.57. The van der Waals surface area contributed by atoms with Crippen LogP contribution in [0.2, 0.25) is 0 Å². The van der Waals surface area contributed by atoms with Gasteiger partial charge in [0.2, 0.25) is 0 Å². The first-order valence-corrected chi connectivity index (χ1v) is 6.98. The Morgan fingerprint density at radius 3 is 3.12 bits per heavy atom. The maximum atomic E-state index is 9.31. The highest BCUT2D eigenvalue weighted by Gasteiger charge is 2.13. The molecule has 1 aromatic rings. The summed E-state index contributed by atoms with van der Waals surface area (Å²) in [6.45, 7) is 1.51.